The molecule has 0 aromatic heterocycles. The summed E-state index contributed by atoms with van der Waals surface area (Å²) in [5, 5.41) is 34.1. The number of hydrogen-bond acceptors (Lipinski definition) is 9. The largest absolute Gasteiger partial charge is 0.510 e. The molecule has 43 heavy (non-hydrogen) atoms. The number of allylic oxidation sites excluding steroid dienone is 1. The number of aliphatic hydroxyl groups excluding tert-OH is 2. The van der Waals surface area contributed by atoms with E-state index in [-0.39, 0.29) is 49.2 Å². The van der Waals surface area contributed by atoms with Crippen molar-refractivity contribution < 1.29 is 42.9 Å². The standard InChI is InChI=1S/C30H37F3N4O6/c1-35(2)22-14-6-9-37(8-5-7-30(31,32)33)12-17(14)24(38)19-15(22)10-13-11-16-20(26(40)18(13)25(19)39)27(41)21(29(34)43)28(42)23(16)36(3)4/h13,16,20,23,38-39,42H,5-12H2,1-4H3,(H2,34,43)/t13?,16?,20?,23-/m0/s1. The van der Waals surface area contributed by atoms with Crippen LogP contribution in [0.25, 0.3) is 5.76 Å². The zero-order valence-corrected chi connectivity index (χ0v) is 24.6. The zero-order valence-electron chi connectivity index (χ0n) is 24.6. The third-order valence-electron chi connectivity index (χ3n) is 9.36. The molecule has 3 aliphatic carbocycles. The van der Waals surface area contributed by atoms with Crippen LogP contribution < -0.4 is 10.6 Å². The molecule has 0 bridgehead atoms. The van der Waals surface area contributed by atoms with Crippen molar-refractivity contribution in [1.82, 2.24) is 9.80 Å². The van der Waals surface area contributed by atoms with Gasteiger partial charge in [0.05, 0.1) is 17.5 Å². The van der Waals surface area contributed by atoms with Crippen molar-refractivity contribution in [3.05, 3.63) is 39.2 Å². The molecule has 234 valence electrons. The number of benzene rings is 1. The molecule has 10 nitrogen and oxygen atoms in total. The maximum atomic E-state index is 14.0. The Morgan fingerprint density at radius 3 is 2.30 bits per heavy atom. The number of ketones is 2. The minimum atomic E-state index is -4.26. The van der Waals surface area contributed by atoms with Gasteiger partial charge in [0.25, 0.3) is 5.91 Å². The number of anilines is 1. The first kappa shape index (κ1) is 30.9. The van der Waals surface area contributed by atoms with Gasteiger partial charge in [0.2, 0.25) is 0 Å². The lowest BCUT2D eigenvalue weighted by Crippen LogP contribution is -2.55. The average Bonchev–Trinajstić information content (AvgIpc) is 2.87. The number of nitrogens with two attached hydrogens (primary N) is 1. The van der Waals surface area contributed by atoms with Crippen LogP contribution in [0.5, 0.6) is 5.75 Å². The summed E-state index contributed by atoms with van der Waals surface area (Å²) in [5.74, 6) is -6.41. The summed E-state index contributed by atoms with van der Waals surface area (Å²) in [6.45, 7) is 0.858. The normalized spacial score (nSPS) is 25.9. The van der Waals surface area contributed by atoms with Crippen LogP contribution in [-0.4, -0.2) is 96.1 Å². The van der Waals surface area contributed by atoms with Crippen molar-refractivity contribution in [2.75, 3.05) is 46.2 Å². The molecule has 1 amide bonds. The molecule has 1 fully saturated rings. The quantitative estimate of drug-likeness (QED) is 0.283. The van der Waals surface area contributed by atoms with Gasteiger partial charge in [0.1, 0.15) is 22.8 Å². The number of nitrogens with zero attached hydrogens (tertiary/aromatic N) is 3. The van der Waals surface area contributed by atoms with Crippen molar-refractivity contribution >= 4 is 28.9 Å². The maximum Gasteiger partial charge on any atom is 0.389 e. The zero-order chi connectivity index (χ0) is 31.7. The minimum absolute atomic E-state index is 0.0115. The Balaban J connectivity index is 1.60. The highest BCUT2D eigenvalue weighted by Gasteiger charge is 2.56. The smallest absolute Gasteiger partial charge is 0.389 e. The van der Waals surface area contributed by atoms with E-state index in [2.05, 4.69) is 0 Å². The van der Waals surface area contributed by atoms with Crippen molar-refractivity contribution in [2.45, 2.75) is 50.9 Å². The summed E-state index contributed by atoms with van der Waals surface area (Å²) in [7, 11) is 6.99. The Morgan fingerprint density at radius 1 is 1.05 bits per heavy atom. The summed E-state index contributed by atoms with van der Waals surface area (Å²) in [4.78, 5) is 44.9. The van der Waals surface area contributed by atoms with Crippen LogP contribution in [0.3, 0.4) is 0 Å². The molecule has 4 aliphatic rings. The van der Waals surface area contributed by atoms with Gasteiger partial charge in [-0.15, -0.1) is 0 Å². The lowest BCUT2D eigenvalue weighted by atomic mass is 9.59. The minimum Gasteiger partial charge on any atom is -0.510 e. The van der Waals surface area contributed by atoms with E-state index in [0.29, 0.717) is 24.1 Å². The van der Waals surface area contributed by atoms with Gasteiger partial charge in [-0.25, -0.2) is 0 Å². The highest BCUT2D eigenvalue weighted by Crippen LogP contribution is 2.53. The summed E-state index contributed by atoms with van der Waals surface area (Å²) < 4.78 is 38.2. The van der Waals surface area contributed by atoms with E-state index in [1.165, 1.54) is 0 Å². The Kier molecular flexibility index (Phi) is 7.79. The first-order valence-corrected chi connectivity index (χ1v) is 14.3. The van der Waals surface area contributed by atoms with E-state index in [9.17, 15) is 42.9 Å². The number of fused-ring (bicyclic) bond motifs is 4. The Bertz CT molecular complexity index is 1460. The van der Waals surface area contributed by atoms with E-state index >= 15 is 0 Å². The lowest BCUT2D eigenvalue weighted by molar-refractivity contribution is -0.138. The molecule has 1 heterocycles. The van der Waals surface area contributed by atoms with Crippen LogP contribution in [0.1, 0.15) is 41.5 Å². The summed E-state index contributed by atoms with van der Waals surface area (Å²) in [6.07, 6.45) is -4.25. The maximum absolute atomic E-state index is 14.0. The number of aliphatic hydroxyl groups is 2. The Morgan fingerprint density at radius 2 is 1.72 bits per heavy atom. The van der Waals surface area contributed by atoms with Gasteiger partial charge in [0, 0.05) is 50.4 Å². The predicted octanol–water partition coefficient (Wildman–Crippen LogP) is 2.62. The molecule has 3 unspecified atom stereocenters. The van der Waals surface area contributed by atoms with Crippen LogP contribution in [0.15, 0.2) is 16.9 Å². The fourth-order valence-electron chi connectivity index (χ4n) is 7.73. The van der Waals surface area contributed by atoms with Crippen LogP contribution in [0.4, 0.5) is 18.9 Å². The van der Waals surface area contributed by atoms with Gasteiger partial charge >= 0.3 is 6.18 Å². The third kappa shape index (κ3) is 5.05. The Hall–Kier alpha value is -3.58. The van der Waals surface area contributed by atoms with Crippen molar-refractivity contribution in [2.24, 2.45) is 23.5 Å². The van der Waals surface area contributed by atoms with Crippen LogP contribution >= 0.6 is 0 Å². The average molecular weight is 607 g/mol. The summed E-state index contributed by atoms with van der Waals surface area (Å²) in [5.41, 5.74) is 7.62. The molecular formula is C30H37F3N4O6. The third-order valence-corrected chi connectivity index (χ3v) is 9.36. The molecule has 5 N–H and O–H groups in total. The summed E-state index contributed by atoms with van der Waals surface area (Å²) >= 11 is 0. The van der Waals surface area contributed by atoms with Crippen LogP contribution in [0, 0.1) is 17.8 Å². The lowest BCUT2D eigenvalue weighted by Gasteiger charge is -2.46. The summed E-state index contributed by atoms with van der Waals surface area (Å²) in [6, 6.07) is -0.826. The topological polar surface area (TPSA) is 148 Å². The molecular weight excluding hydrogens is 569 g/mol. The number of Topliss-reactive ketones (excluding diaryl/α,β-unsaturated/α-hetero) is 2. The molecule has 13 heteroatoms. The first-order valence-electron chi connectivity index (χ1n) is 14.3. The van der Waals surface area contributed by atoms with Crippen molar-refractivity contribution in [1.29, 1.82) is 0 Å². The molecule has 5 rings (SSSR count). The second-order valence-corrected chi connectivity index (χ2v) is 12.4. The number of carbonyl (C=O) groups excluding carboxylic acids is 3. The second kappa shape index (κ2) is 10.8. The first-order chi connectivity index (χ1) is 20.0. The molecule has 1 aromatic rings. The van der Waals surface area contributed by atoms with Crippen molar-refractivity contribution in [3.8, 4) is 5.75 Å². The molecule has 0 spiro atoms. The predicted molar refractivity (Wildman–Crippen MR) is 151 cm³/mol. The van der Waals surface area contributed by atoms with E-state index in [4.69, 9.17) is 5.73 Å². The molecule has 1 saturated carbocycles. The number of alkyl halides is 3. The number of amides is 1. The van der Waals surface area contributed by atoms with E-state index in [1.807, 2.05) is 23.9 Å². The number of aromatic hydroxyl groups is 1. The number of primary amides is 1. The molecule has 1 aliphatic heterocycles. The second-order valence-electron chi connectivity index (χ2n) is 12.4. The SMILES string of the molecule is CN(C)c1c2c(c(O)c3c1CC1CC4C(C(=O)C(C(N)=O)=C(O)[C@H]4N(C)C)C(=O)C1=C3O)CN(CCCC(F)(F)F)CC2. The van der Waals surface area contributed by atoms with Crippen molar-refractivity contribution in [3.63, 3.8) is 0 Å². The van der Waals surface area contributed by atoms with E-state index < -0.39 is 71.0 Å². The highest BCUT2D eigenvalue weighted by molar-refractivity contribution is 6.28. The number of carbonyl (C=O) groups is 3. The molecule has 1 aromatic carbocycles. The van der Waals surface area contributed by atoms with Gasteiger partial charge in [-0.3, -0.25) is 24.2 Å². The number of rotatable bonds is 6. The van der Waals surface area contributed by atoms with Gasteiger partial charge in [0.15, 0.2) is 11.6 Å². The number of halogens is 3. The number of hydrogen-bond donors (Lipinski definition) is 4. The molecule has 4 atom stereocenters. The number of phenolic OH excluding ortho intramolecular Hbond substituents is 1. The molecule has 0 saturated heterocycles. The monoisotopic (exact) mass is 606 g/mol. The number of likely N-dealkylation sites (N-methyl/N-ethyl adjacent to an activating group) is 1. The van der Waals surface area contributed by atoms with Gasteiger partial charge in [-0.1, -0.05) is 0 Å². The number of phenols is 1. The van der Waals surface area contributed by atoms with Gasteiger partial charge in [-0.05, 0) is 69.3 Å². The van der Waals surface area contributed by atoms with Gasteiger partial charge in [-0.2, -0.15) is 13.2 Å². The highest BCUT2D eigenvalue weighted by atomic mass is 19.4. The van der Waals surface area contributed by atoms with Crippen LogP contribution in [-0.2, 0) is 33.8 Å². The fraction of sp³-hybridized carbons (Fsp3) is 0.567. The fourth-order valence-corrected chi connectivity index (χ4v) is 7.73. The Labute approximate surface area is 247 Å². The van der Waals surface area contributed by atoms with Crippen LogP contribution in [0.2, 0.25) is 0 Å². The van der Waals surface area contributed by atoms with E-state index in [0.717, 1.165) is 11.3 Å². The van der Waals surface area contributed by atoms with E-state index in [1.54, 1.807) is 19.0 Å². The van der Waals surface area contributed by atoms with Gasteiger partial charge < -0.3 is 26.0 Å². The molecule has 0 radical (unpaired) electrons.